The maximum Gasteiger partial charge on any atom is 0.409 e. The van der Waals surface area contributed by atoms with Gasteiger partial charge in [0.1, 0.15) is 5.52 Å². The molecule has 0 spiro atoms. The van der Waals surface area contributed by atoms with E-state index in [-0.39, 0.29) is 21.5 Å². The molecule has 0 atom stereocenters. The highest BCUT2D eigenvalue weighted by molar-refractivity contribution is 7.90. The zero-order chi connectivity index (χ0) is 18.4. The van der Waals surface area contributed by atoms with Gasteiger partial charge in [0.15, 0.2) is 5.82 Å². The van der Waals surface area contributed by atoms with Crippen LogP contribution in [-0.4, -0.2) is 23.6 Å². The molecule has 0 aliphatic rings. The normalized spacial score (nSPS) is 11.6. The zero-order valence-corrected chi connectivity index (χ0v) is 14.4. The second kappa shape index (κ2) is 6.05. The van der Waals surface area contributed by atoms with E-state index in [1.807, 2.05) is 6.92 Å². The fourth-order valence-electron chi connectivity index (χ4n) is 2.47. The molecule has 1 heterocycles. The first kappa shape index (κ1) is 17.2. The fourth-order valence-corrected chi connectivity index (χ4v) is 4.02. The molecule has 0 saturated carbocycles. The van der Waals surface area contributed by atoms with Gasteiger partial charge in [-0.15, -0.1) is 0 Å². The van der Waals surface area contributed by atoms with Gasteiger partial charge >= 0.3 is 6.09 Å². The molecule has 0 aliphatic heterocycles. The third-order valence-electron chi connectivity index (χ3n) is 3.65. The number of nitrogens with one attached hydrogen (secondary N) is 1. The summed E-state index contributed by atoms with van der Waals surface area (Å²) in [6.07, 6.45) is -0.218. The number of aromatic nitrogens is 1. The van der Waals surface area contributed by atoms with E-state index >= 15 is 0 Å². The molecule has 0 radical (unpaired) electrons. The smallest absolute Gasteiger partial charge is 0.409 e. The van der Waals surface area contributed by atoms with Crippen molar-refractivity contribution in [3.8, 4) is 0 Å². The molecule has 1 amide bonds. The summed E-state index contributed by atoms with van der Waals surface area (Å²) in [6.45, 7) is 1.81. The largest absolute Gasteiger partial charge is 0.465 e. The van der Waals surface area contributed by atoms with Crippen LogP contribution in [0.4, 0.5) is 14.9 Å². The number of nitrogens with zero attached hydrogens (tertiary/aromatic N) is 1. The fraction of sp³-hybridized carbons (Fsp3) is 0.0625. The summed E-state index contributed by atoms with van der Waals surface area (Å²) in [5.74, 6) is -0.951. The Balaban J connectivity index is 2.29. The van der Waals surface area contributed by atoms with E-state index in [2.05, 4.69) is 5.32 Å². The van der Waals surface area contributed by atoms with Gasteiger partial charge in [0, 0.05) is 11.6 Å². The molecule has 25 heavy (non-hydrogen) atoms. The van der Waals surface area contributed by atoms with Gasteiger partial charge in [-0.1, -0.05) is 29.3 Å². The minimum atomic E-state index is -4.08. The van der Waals surface area contributed by atoms with Crippen LogP contribution in [0.1, 0.15) is 5.56 Å². The average Bonchev–Trinajstić information content (AvgIpc) is 2.98. The van der Waals surface area contributed by atoms with Crippen molar-refractivity contribution < 1.29 is 22.7 Å². The average molecular weight is 383 g/mol. The van der Waals surface area contributed by atoms with E-state index in [1.165, 1.54) is 18.2 Å². The molecule has 3 rings (SSSR count). The number of carbonyl (C=O) groups is 1. The van der Waals surface area contributed by atoms with Crippen molar-refractivity contribution in [1.29, 1.82) is 0 Å². The second-order valence-corrected chi connectivity index (χ2v) is 7.56. The predicted molar refractivity (Wildman–Crippen MR) is 92.3 cm³/mol. The van der Waals surface area contributed by atoms with E-state index in [4.69, 9.17) is 16.7 Å². The molecule has 6 nitrogen and oxygen atoms in total. The Morgan fingerprint density at radius 3 is 2.48 bits per heavy atom. The van der Waals surface area contributed by atoms with Crippen molar-refractivity contribution in [2.24, 2.45) is 0 Å². The lowest BCUT2D eigenvalue weighted by atomic mass is 10.2. The van der Waals surface area contributed by atoms with Crippen LogP contribution in [0.15, 0.2) is 47.5 Å². The highest BCUT2D eigenvalue weighted by Gasteiger charge is 2.24. The molecule has 0 fully saturated rings. The lowest BCUT2D eigenvalue weighted by molar-refractivity contribution is 0.210. The quantitative estimate of drug-likeness (QED) is 0.714. The van der Waals surface area contributed by atoms with Gasteiger partial charge in [-0.3, -0.25) is 5.32 Å². The number of aryl methyl sites for hydroxylation is 1. The van der Waals surface area contributed by atoms with Crippen molar-refractivity contribution in [3.63, 3.8) is 0 Å². The van der Waals surface area contributed by atoms with E-state index in [1.54, 1.807) is 12.1 Å². The topological polar surface area (TPSA) is 88.4 Å². The van der Waals surface area contributed by atoms with Gasteiger partial charge in [-0.25, -0.2) is 21.6 Å². The van der Waals surface area contributed by atoms with E-state index in [9.17, 15) is 17.6 Å². The highest BCUT2D eigenvalue weighted by atomic mass is 35.5. The Kier molecular flexibility index (Phi) is 4.18. The first-order valence-corrected chi connectivity index (χ1v) is 8.85. The maximum atomic E-state index is 14.5. The SMILES string of the molecule is Cc1ccc(S(=O)(=O)n2ccc3c(NC(=O)O)cc(Cl)c(F)c32)cc1. The van der Waals surface area contributed by atoms with Gasteiger partial charge in [-0.2, -0.15) is 0 Å². The molecule has 2 aromatic carbocycles. The van der Waals surface area contributed by atoms with E-state index < -0.39 is 27.0 Å². The third-order valence-corrected chi connectivity index (χ3v) is 5.62. The lowest BCUT2D eigenvalue weighted by Crippen LogP contribution is -2.13. The number of fused-ring (bicyclic) bond motifs is 1. The number of anilines is 1. The molecular weight excluding hydrogens is 371 g/mol. The summed E-state index contributed by atoms with van der Waals surface area (Å²) in [6, 6.07) is 8.48. The monoisotopic (exact) mass is 382 g/mol. The summed E-state index contributed by atoms with van der Waals surface area (Å²) in [5, 5.41) is 10.7. The van der Waals surface area contributed by atoms with Crippen LogP contribution in [0.5, 0.6) is 0 Å². The third kappa shape index (κ3) is 2.94. The molecule has 0 unspecified atom stereocenters. The first-order chi connectivity index (χ1) is 11.7. The number of hydrogen-bond acceptors (Lipinski definition) is 3. The standard InChI is InChI=1S/C16H12ClFN2O4S/c1-9-2-4-10(5-3-9)25(23,24)20-7-6-11-13(19-16(21)22)8-12(17)14(18)15(11)20/h2-8,19H,1H3,(H,21,22). The number of rotatable bonds is 3. The second-order valence-electron chi connectivity index (χ2n) is 5.34. The molecule has 9 heteroatoms. The Morgan fingerprint density at radius 1 is 1.24 bits per heavy atom. The van der Waals surface area contributed by atoms with Crippen LogP contribution in [0.2, 0.25) is 5.02 Å². The zero-order valence-electron chi connectivity index (χ0n) is 12.8. The van der Waals surface area contributed by atoms with E-state index in [0.29, 0.717) is 0 Å². The Bertz CT molecular complexity index is 1090. The molecule has 130 valence electrons. The van der Waals surface area contributed by atoms with Gasteiger partial charge < -0.3 is 5.11 Å². The Morgan fingerprint density at radius 2 is 1.88 bits per heavy atom. The summed E-state index contributed by atoms with van der Waals surface area (Å²) in [4.78, 5) is 10.9. The van der Waals surface area contributed by atoms with Gasteiger partial charge in [-0.05, 0) is 31.2 Å². The van der Waals surface area contributed by atoms with Crippen molar-refractivity contribution in [2.45, 2.75) is 11.8 Å². The molecular formula is C16H12ClFN2O4S. The summed E-state index contributed by atoms with van der Waals surface area (Å²) < 4.78 is 40.9. The molecule has 2 N–H and O–H groups in total. The molecule has 0 bridgehead atoms. The van der Waals surface area contributed by atoms with Crippen LogP contribution in [0, 0.1) is 12.7 Å². The Hall–Kier alpha value is -2.58. The van der Waals surface area contributed by atoms with Gasteiger partial charge in [0.25, 0.3) is 10.0 Å². The summed E-state index contributed by atoms with van der Waals surface area (Å²) in [7, 11) is -4.08. The van der Waals surface area contributed by atoms with Crippen molar-refractivity contribution >= 4 is 44.3 Å². The van der Waals surface area contributed by atoms with E-state index in [0.717, 1.165) is 21.8 Å². The Labute approximate surface area is 147 Å². The van der Waals surface area contributed by atoms with Crippen LogP contribution in [0.3, 0.4) is 0 Å². The lowest BCUT2D eigenvalue weighted by Gasteiger charge is -2.11. The molecule has 1 aromatic heterocycles. The highest BCUT2D eigenvalue weighted by Crippen LogP contribution is 2.34. The van der Waals surface area contributed by atoms with Crippen molar-refractivity contribution in [1.82, 2.24) is 3.97 Å². The minimum Gasteiger partial charge on any atom is -0.465 e. The van der Waals surface area contributed by atoms with Gasteiger partial charge in [0.2, 0.25) is 0 Å². The first-order valence-electron chi connectivity index (χ1n) is 7.03. The number of amides is 1. The number of benzene rings is 2. The number of hydrogen-bond donors (Lipinski definition) is 2. The van der Waals surface area contributed by atoms with Crippen LogP contribution >= 0.6 is 11.6 Å². The molecule has 3 aromatic rings. The predicted octanol–water partition coefficient (Wildman–Crippen LogP) is 4.07. The summed E-state index contributed by atoms with van der Waals surface area (Å²) in [5.41, 5.74) is 0.544. The maximum absolute atomic E-state index is 14.5. The minimum absolute atomic E-state index is 0.00763. The molecule has 0 aliphatic carbocycles. The van der Waals surface area contributed by atoms with Gasteiger partial charge in [0.05, 0.1) is 15.6 Å². The van der Waals surface area contributed by atoms with Crippen molar-refractivity contribution in [3.05, 3.63) is 59.0 Å². The number of halogens is 2. The van der Waals surface area contributed by atoms with Crippen LogP contribution in [-0.2, 0) is 10.0 Å². The summed E-state index contributed by atoms with van der Waals surface area (Å²) >= 11 is 5.81. The van der Waals surface area contributed by atoms with Crippen LogP contribution < -0.4 is 5.32 Å². The van der Waals surface area contributed by atoms with Crippen LogP contribution in [0.25, 0.3) is 10.9 Å². The van der Waals surface area contributed by atoms with Crippen molar-refractivity contribution in [2.75, 3.05) is 5.32 Å². The molecule has 0 saturated heterocycles. The number of carboxylic acid groups (broad SMARTS) is 1.